The molecule has 0 aliphatic heterocycles. The average Bonchev–Trinajstić information content (AvgIpc) is 2.60. The van der Waals surface area contributed by atoms with Crippen LogP contribution in [0.1, 0.15) is 18.1 Å². The van der Waals surface area contributed by atoms with Gasteiger partial charge in [-0.25, -0.2) is 5.43 Å². The summed E-state index contributed by atoms with van der Waals surface area (Å²) in [4.78, 5) is 12.2. The van der Waals surface area contributed by atoms with Gasteiger partial charge in [-0.2, -0.15) is 5.10 Å². The van der Waals surface area contributed by atoms with Gasteiger partial charge in [-0.15, -0.1) is 0 Å². The molecule has 0 bridgehead atoms. The molecule has 0 aliphatic rings. The summed E-state index contributed by atoms with van der Waals surface area (Å²) in [5, 5.41) is 6.44. The van der Waals surface area contributed by atoms with Gasteiger partial charge in [0.05, 0.1) is 12.1 Å². The van der Waals surface area contributed by atoms with Crippen LogP contribution in [0.3, 0.4) is 0 Å². The van der Waals surface area contributed by atoms with Crippen molar-refractivity contribution in [3.8, 4) is 0 Å². The summed E-state index contributed by atoms with van der Waals surface area (Å²) in [6.07, 6.45) is 0.302. The van der Waals surface area contributed by atoms with Gasteiger partial charge < -0.3 is 0 Å². The van der Waals surface area contributed by atoms with Crippen LogP contribution >= 0.6 is 15.9 Å². The van der Waals surface area contributed by atoms with E-state index in [0.717, 1.165) is 32.1 Å². The first kappa shape index (κ1) is 16.4. The number of amides is 1. The number of carbonyl (C=O) groups excluding carboxylic acids is 1. The van der Waals surface area contributed by atoms with E-state index >= 15 is 0 Å². The smallest absolute Gasteiger partial charge is 0.244 e. The fraction of sp³-hybridized carbons (Fsp3) is 0.100. The molecule has 24 heavy (non-hydrogen) atoms. The Kier molecular flexibility index (Phi) is 5.06. The third-order valence-electron chi connectivity index (χ3n) is 3.82. The predicted molar refractivity (Wildman–Crippen MR) is 102 cm³/mol. The van der Waals surface area contributed by atoms with Gasteiger partial charge in [0, 0.05) is 4.47 Å². The normalized spacial score (nSPS) is 11.5. The minimum atomic E-state index is -0.124. The van der Waals surface area contributed by atoms with Crippen molar-refractivity contribution in [3.63, 3.8) is 0 Å². The third kappa shape index (κ3) is 3.89. The van der Waals surface area contributed by atoms with Crippen molar-refractivity contribution in [1.82, 2.24) is 5.43 Å². The van der Waals surface area contributed by atoms with Crippen LogP contribution in [0, 0.1) is 0 Å². The highest BCUT2D eigenvalue weighted by molar-refractivity contribution is 9.10. The fourth-order valence-corrected chi connectivity index (χ4v) is 2.98. The topological polar surface area (TPSA) is 41.5 Å². The van der Waals surface area contributed by atoms with Gasteiger partial charge in [-0.05, 0) is 41.0 Å². The lowest BCUT2D eigenvalue weighted by molar-refractivity contribution is -0.120. The highest BCUT2D eigenvalue weighted by atomic mass is 79.9. The van der Waals surface area contributed by atoms with Crippen molar-refractivity contribution in [2.24, 2.45) is 5.10 Å². The predicted octanol–water partition coefficient (Wildman–Crippen LogP) is 4.69. The molecule has 3 aromatic rings. The highest BCUT2D eigenvalue weighted by Gasteiger charge is 2.06. The maximum atomic E-state index is 12.2. The van der Waals surface area contributed by atoms with Crippen LogP contribution in [-0.4, -0.2) is 11.6 Å². The molecule has 0 aromatic heterocycles. The first-order valence-corrected chi connectivity index (χ1v) is 8.48. The molecular weight excluding hydrogens is 364 g/mol. The van der Waals surface area contributed by atoms with Crippen LogP contribution in [0.5, 0.6) is 0 Å². The zero-order valence-electron chi connectivity index (χ0n) is 13.3. The molecule has 3 nitrogen and oxygen atoms in total. The molecular formula is C20H17BrN2O. The molecule has 0 spiro atoms. The maximum Gasteiger partial charge on any atom is 0.244 e. The van der Waals surface area contributed by atoms with Crippen LogP contribution in [0.2, 0.25) is 0 Å². The molecule has 1 N–H and O–H groups in total. The number of rotatable bonds is 4. The monoisotopic (exact) mass is 380 g/mol. The molecule has 0 unspecified atom stereocenters. The van der Waals surface area contributed by atoms with Crippen LogP contribution in [0.4, 0.5) is 0 Å². The van der Waals surface area contributed by atoms with Crippen molar-refractivity contribution < 1.29 is 4.79 Å². The third-order valence-corrected chi connectivity index (χ3v) is 4.31. The minimum absolute atomic E-state index is 0.124. The summed E-state index contributed by atoms with van der Waals surface area (Å²) in [7, 11) is 0. The second-order valence-electron chi connectivity index (χ2n) is 5.56. The van der Waals surface area contributed by atoms with E-state index in [1.165, 1.54) is 0 Å². The Balaban J connectivity index is 1.72. The lowest BCUT2D eigenvalue weighted by Crippen LogP contribution is -2.21. The number of hydrazone groups is 1. The maximum absolute atomic E-state index is 12.2. The number of nitrogens with zero attached hydrogens (tertiary/aromatic N) is 1. The summed E-state index contributed by atoms with van der Waals surface area (Å²) >= 11 is 3.44. The Bertz CT molecular complexity index is 913. The molecule has 0 radical (unpaired) electrons. The quantitative estimate of drug-likeness (QED) is 0.517. The number of benzene rings is 3. The second kappa shape index (κ2) is 7.41. The molecule has 0 saturated carbocycles. The zero-order valence-corrected chi connectivity index (χ0v) is 14.9. The Morgan fingerprint density at radius 3 is 2.62 bits per heavy atom. The standard InChI is InChI=1S/C20H17BrN2O/c1-14(16-8-5-10-18(21)12-16)22-23-20(24)13-17-9-4-7-15-6-2-3-11-19(15)17/h2-12H,13H2,1H3,(H,23,24). The molecule has 4 heteroatoms. The molecule has 1 amide bonds. The summed E-state index contributed by atoms with van der Waals surface area (Å²) < 4.78 is 0.983. The number of hydrogen-bond donors (Lipinski definition) is 1. The number of carbonyl (C=O) groups is 1. The SMILES string of the molecule is CC(=NNC(=O)Cc1cccc2ccccc12)c1cccc(Br)c1. The largest absolute Gasteiger partial charge is 0.273 e. The molecule has 3 aromatic carbocycles. The Morgan fingerprint density at radius 1 is 1.04 bits per heavy atom. The first-order chi connectivity index (χ1) is 11.6. The fourth-order valence-electron chi connectivity index (χ4n) is 2.58. The van der Waals surface area contributed by atoms with Gasteiger partial charge in [0.15, 0.2) is 0 Å². The Labute approximate surface area is 149 Å². The van der Waals surface area contributed by atoms with E-state index in [1.54, 1.807) is 0 Å². The highest BCUT2D eigenvalue weighted by Crippen LogP contribution is 2.18. The van der Waals surface area contributed by atoms with Crippen molar-refractivity contribution in [2.75, 3.05) is 0 Å². The van der Waals surface area contributed by atoms with Crippen LogP contribution in [0.25, 0.3) is 10.8 Å². The summed E-state index contributed by atoms with van der Waals surface area (Å²) in [5.74, 6) is -0.124. The van der Waals surface area contributed by atoms with Gasteiger partial charge >= 0.3 is 0 Å². The molecule has 0 atom stereocenters. The Hall–Kier alpha value is -2.46. The lowest BCUT2D eigenvalue weighted by Gasteiger charge is -2.06. The molecule has 0 heterocycles. The van der Waals surface area contributed by atoms with Gasteiger partial charge in [-0.3, -0.25) is 4.79 Å². The summed E-state index contributed by atoms with van der Waals surface area (Å²) in [6.45, 7) is 1.87. The van der Waals surface area contributed by atoms with Crippen molar-refractivity contribution in [2.45, 2.75) is 13.3 Å². The summed E-state index contributed by atoms with van der Waals surface area (Å²) in [5.41, 5.74) is 5.38. The second-order valence-corrected chi connectivity index (χ2v) is 6.47. The molecule has 0 fully saturated rings. The van der Waals surface area contributed by atoms with E-state index in [4.69, 9.17) is 0 Å². The van der Waals surface area contributed by atoms with Gasteiger partial charge in [-0.1, -0.05) is 70.5 Å². The van der Waals surface area contributed by atoms with Crippen molar-refractivity contribution >= 4 is 38.3 Å². The van der Waals surface area contributed by atoms with Crippen molar-refractivity contribution in [1.29, 1.82) is 0 Å². The summed E-state index contributed by atoms with van der Waals surface area (Å²) in [6, 6.07) is 21.9. The number of nitrogens with one attached hydrogen (secondary N) is 1. The average molecular weight is 381 g/mol. The molecule has 120 valence electrons. The van der Waals surface area contributed by atoms with Crippen LogP contribution in [0.15, 0.2) is 76.3 Å². The van der Waals surface area contributed by atoms with E-state index in [2.05, 4.69) is 26.5 Å². The van der Waals surface area contributed by atoms with Gasteiger partial charge in [0.1, 0.15) is 0 Å². The van der Waals surface area contributed by atoms with E-state index in [-0.39, 0.29) is 5.91 Å². The van der Waals surface area contributed by atoms with Gasteiger partial charge in [0.2, 0.25) is 5.91 Å². The van der Waals surface area contributed by atoms with Crippen LogP contribution in [-0.2, 0) is 11.2 Å². The van der Waals surface area contributed by atoms with Gasteiger partial charge in [0.25, 0.3) is 0 Å². The molecule has 0 saturated heterocycles. The Morgan fingerprint density at radius 2 is 1.79 bits per heavy atom. The zero-order chi connectivity index (χ0) is 16.9. The van der Waals surface area contributed by atoms with E-state index in [9.17, 15) is 4.79 Å². The lowest BCUT2D eigenvalue weighted by atomic mass is 10.0. The van der Waals surface area contributed by atoms with E-state index < -0.39 is 0 Å². The van der Waals surface area contributed by atoms with Crippen molar-refractivity contribution in [3.05, 3.63) is 82.3 Å². The first-order valence-electron chi connectivity index (χ1n) is 7.69. The number of halogens is 1. The minimum Gasteiger partial charge on any atom is -0.273 e. The van der Waals surface area contributed by atoms with E-state index in [0.29, 0.717) is 6.42 Å². The number of hydrogen-bond acceptors (Lipinski definition) is 2. The van der Waals surface area contributed by atoms with E-state index in [1.807, 2.05) is 73.7 Å². The van der Waals surface area contributed by atoms with Crippen LogP contribution < -0.4 is 5.43 Å². The number of fused-ring (bicyclic) bond motifs is 1. The molecule has 3 rings (SSSR count). The molecule has 0 aliphatic carbocycles.